The van der Waals surface area contributed by atoms with E-state index in [1.165, 1.54) is 23.6 Å². The lowest BCUT2D eigenvalue weighted by atomic mass is 9.98. The number of likely N-dealkylation sites (tertiary alicyclic amines) is 1. The van der Waals surface area contributed by atoms with Gasteiger partial charge in [-0.05, 0) is 45.1 Å². The standard InChI is InChI=1S/C22H24ClF3N6O2S2/c1-32-10-6-13(7-11-32)20-30-18(19(35-20)16-5-9-28-21(27)29-16)14-3-2-4-15(17(14)23)31-36(33,34)12-8-22(24,25)26/h2-5,9,13,31H,6-8,10-12H2,1H3,(H2,27,28,29). The van der Waals surface area contributed by atoms with Crippen LogP contribution in [0.2, 0.25) is 5.02 Å². The number of nitrogens with two attached hydrogens (primary N) is 1. The number of alkyl halides is 3. The molecule has 0 aliphatic carbocycles. The minimum Gasteiger partial charge on any atom is -0.368 e. The number of halogens is 4. The van der Waals surface area contributed by atoms with Crippen molar-refractivity contribution >= 4 is 44.6 Å². The lowest BCUT2D eigenvalue weighted by molar-refractivity contribution is -0.129. The number of nitrogens with zero attached hydrogens (tertiary/aromatic N) is 4. The number of benzene rings is 1. The maximum absolute atomic E-state index is 12.6. The zero-order valence-corrected chi connectivity index (χ0v) is 21.6. The van der Waals surface area contributed by atoms with Gasteiger partial charge in [0.2, 0.25) is 16.0 Å². The number of hydrogen-bond acceptors (Lipinski definition) is 8. The highest BCUT2D eigenvalue weighted by atomic mass is 35.5. The molecule has 8 nitrogen and oxygen atoms in total. The Labute approximate surface area is 215 Å². The third kappa shape index (κ3) is 6.44. The summed E-state index contributed by atoms with van der Waals surface area (Å²) in [4.78, 5) is 16.1. The monoisotopic (exact) mass is 560 g/mol. The van der Waals surface area contributed by atoms with E-state index in [2.05, 4.69) is 26.6 Å². The van der Waals surface area contributed by atoms with Crippen LogP contribution in [0.5, 0.6) is 0 Å². The fourth-order valence-electron chi connectivity index (χ4n) is 3.89. The third-order valence-electron chi connectivity index (χ3n) is 5.79. The predicted molar refractivity (Wildman–Crippen MR) is 136 cm³/mol. The molecule has 36 heavy (non-hydrogen) atoms. The van der Waals surface area contributed by atoms with E-state index in [0.29, 0.717) is 21.8 Å². The summed E-state index contributed by atoms with van der Waals surface area (Å²) in [6.07, 6.45) is -2.67. The number of rotatable bonds is 7. The zero-order valence-electron chi connectivity index (χ0n) is 19.2. The van der Waals surface area contributed by atoms with Crippen LogP contribution in [-0.4, -0.2) is 60.3 Å². The van der Waals surface area contributed by atoms with E-state index >= 15 is 0 Å². The van der Waals surface area contributed by atoms with Crippen molar-refractivity contribution in [1.82, 2.24) is 19.9 Å². The second-order valence-electron chi connectivity index (χ2n) is 8.56. The summed E-state index contributed by atoms with van der Waals surface area (Å²) in [5.74, 6) is -0.787. The zero-order chi connectivity index (χ0) is 26.1. The van der Waals surface area contributed by atoms with E-state index in [1.807, 2.05) is 0 Å². The molecule has 3 heterocycles. The molecule has 0 spiro atoms. The van der Waals surface area contributed by atoms with Gasteiger partial charge >= 0.3 is 6.18 Å². The Kier molecular flexibility index (Phi) is 7.74. The number of nitrogens with one attached hydrogen (secondary N) is 1. The summed E-state index contributed by atoms with van der Waals surface area (Å²) in [7, 11) is -2.22. The first kappa shape index (κ1) is 26.6. The molecule has 0 saturated carbocycles. The summed E-state index contributed by atoms with van der Waals surface area (Å²) in [6, 6.07) is 6.33. The molecule has 1 aliphatic heterocycles. The molecule has 0 amide bonds. The van der Waals surface area contributed by atoms with Crippen molar-refractivity contribution in [3.8, 4) is 21.8 Å². The quantitative estimate of drug-likeness (QED) is 0.417. The van der Waals surface area contributed by atoms with Crippen LogP contribution in [-0.2, 0) is 10.0 Å². The first-order valence-corrected chi connectivity index (χ1v) is 13.9. The molecular weight excluding hydrogens is 537 g/mol. The van der Waals surface area contributed by atoms with Crippen molar-refractivity contribution in [1.29, 1.82) is 0 Å². The van der Waals surface area contributed by atoms with Gasteiger partial charge in [0.25, 0.3) is 0 Å². The van der Waals surface area contributed by atoms with Crippen LogP contribution in [0, 0.1) is 0 Å². The van der Waals surface area contributed by atoms with E-state index in [-0.39, 0.29) is 22.6 Å². The Morgan fingerprint density at radius 1 is 1.22 bits per heavy atom. The lowest BCUT2D eigenvalue weighted by Crippen LogP contribution is -2.29. The maximum Gasteiger partial charge on any atom is 0.390 e. The average molecular weight is 561 g/mol. The average Bonchev–Trinajstić information content (AvgIpc) is 3.24. The van der Waals surface area contributed by atoms with E-state index in [1.54, 1.807) is 18.2 Å². The highest BCUT2D eigenvalue weighted by molar-refractivity contribution is 7.92. The van der Waals surface area contributed by atoms with Crippen molar-refractivity contribution in [3.63, 3.8) is 0 Å². The van der Waals surface area contributed by atoms with Crippen LogP contribution in [0.25, 0.3) is 21.8 Å². The third-order valence-corrected chi connectivity index (χ3v) is 8.71. The molecule has 1 aliphatic rings. The van der Waals surface area contributed by atoms with Crippen molar-refractivity contribution < 1.29 is 21.6 Å². The second kappa shape index (κ2) is 10.5. The highest BCUT2D eigenvalue weighted by Gasteiger charge is 2.31. The lowest BCUT2D eigenvalue weighted by Gasteiger charge is -2.27. The largest absolute Gasteiger partial charge is 0.390 e. The Hall–Kier alpha value is -2.48. The molecule has 194 valence electrons. The Morgan fingerprint density at radius 2 is 1.94 bits per heavy atom. The van der Waals surface area contributed by atoms with Crippen LogP contribution in [0.1, 0.15) is 30.2 Å². The van der Waals surface area contributed by atoms with Crippen LogP contribution in [0.3, 0.4) is 0 Å². The number of thiazole rings is 1. The minimum atomic E-state index is -4.60. The fourth-order valence-corrected chi connectivity index (χ4v) is 6.53. The molecule has 2 aromatic heterocycles. The molecule has 3 N–H and O–H groups in total. The smallest absolute Gasteiger partial charge is 0.368 e. The molecule has 0 atom stereocenters. The van der Waals surface area contributed by atoms with Crippen molar-refractivity contribution in [2.75, 3.05) is 36.3 Å². The van der Waals surface area contributed by atoms with Gasteiger partial charge in [-0.2, -0.15) is 13.2 Å². The van der Waals surface area contributed by atoms with Crippen molar-refractivity contribution in [2.24, 2.45) is 0 Å². The molecule has 1 aromatic carbocycles. The molecule has 1 saturated heterocycles. The van der Waals surface area contributed by atoms with E-state index in [4.69, 9.17) is 22.3 Å². The number of sulfonamides is 1. The second-order valence-corrected chi connectivity index (χ2v) is 11.8. The summed E-state index contributed by atoms with van der Waals surface area (Å²) < 4.78 is 64.4. The first-order chi connectivity index (χ1) is 16.9. The van der Waals surface area contributed by atoms with Crippen molar-refractivity contribution in [3.05, 3.63) is 40.5 Å². The van der Waals surface area contributed by atoms with Gasteiger partial charge in [-0.3, -0.25) is 4.72 Å². The molecule has 3 aromatic rings. The minimum absolute atomic E-state index is 0.0246. The van der Waals surface area contributed by atoms with Gasteiger partial charge < -0.3 is 10.6 Å². The van der Waals surface area contributed by atoms with Gasteiger partial charge in [-0.1, -0.05) is 23.7 Å². The Balaban J connectivity index is 1.73. The van der Waals surface area contributed by atoms with Gasteiger partial charge in [-0.25, -0.2) is 23.4 Å². The maximum atomic E-state index is 12.6. The first-order valence-electron chi connectivity index (χ1n) is 11.1. The fraction of sp³-hybridized carbons (Fsp3) is 0.409. The topological polar surface area (TPSA) is 114 Å². The van der Waals surface area contributed by atoms with Gasteiger partial charge in [0.1, 0.15) is 0 Å². The summed E-state index contributed by atoms with van der Waals surface area (Å²) in [5.41, 5.74) is 7.24. The van der Waals surface area contributed by atoms with E-state index < -0.39 is 28.4 Å². The van der Waals surface area contributed by atoms with Gasteiger partial charge in [0, 0.05) is 17.7 Å². The van der Waals surface area contributed by atoms with Crippen LogP contribution in [0.15, 0.2) is 30.5 Å². The molecular formula is C22H24ClF3N6O2S2. The van der Waals surface area contributed by atoms with Crippen LogP contribution < -0.4 is 10.5 Å². The van der Waals surface area contributed by atoms with Gasteiger partial charge in [0.05, 0.1) is 44.2 Å². The summed E-state index contributed by atoms with van der Waals surface area (Å²) in [6.45, 7) is 1.87. The molecule has 1 fully saturated rings. The highest BCUT2D eigenvalue weighted by Crippen LogP contribution is 2.44. The SMILES string of the molecule is CN1CCC(c2nc(-c3cccc(NS(=O)(=O)CCC(F)(F)F)c3Cl)c(-c3ccnc(N)n3)s2)CC1. The summed E-state index contributed by atoms with van der Waals surface area (Å²) >= 11 is 8.06. The van der Waals surface area contributed by atoms with E-state index in [0.717, 1.165) is 30.9 Å². The van der Waals surface area contributed by atoms with Crippen LogP contribution >= 0.6 is 22.9 Å². The number of nitrogen functional groups attached to an aromatic ring is 1. The van der Waals surface area contributed by atoms with E-state index in [9.17, 15) is 21.6 Å². The number of aromatic nitrogens is 3. The Morgan fingerprint density at radius 3 is 2.61 bits per heavy atom. The summed E-state index contributed by atoms with van der Waals surface area (Å²) in [5, 5.41) is 0.925. The number of hydrogen-bond donors (Lipinski definition) is 2. The van der Waals surface area contributed by atoms with Crippen LogP contribution in [0.4, 0.5) is 24.8 Å². The number of piperidine rings is 1. The molecule has 0 unspecified atom stereocenters. The molecule has 0 radical (unpaired) electrons. The molecule has 4 rings (SSSR count). The molecule has 0 bridgehead atoms. The van der Waals surface area contributed by atoms with Gasteiger partial charge in [0.15, 0.2) is 0 Å². The van der Waals surface area contributed by atoms with Gasteiger partial charge in [-0.15, -0.1) is 11.3 Å². The molecule has 14 heteroatoms. The van der Waals surface area contributed by atoms with Crippen molar-refractivity contribution in [2.45, 2.75) is 31.4 Å². The normalized spacial score (nSPS) is 15.8. The number of anilines is 2. The predicted octanol–water partition coefficient (Wildman–Crippen LogP) is 5.01. The Bertz CT molecular complexity index is 1340.